The predicted molar refractivity (Wildman–Crippen MR) is 104 cm³/mol. The van der Waals surface area contributed by atoms with Crippen molar-refractivity contribution in [3.63, 3.8) is 0 Å². The highest BCUT2D eigenvalue weighted by Crippen LogP contribution is 2.31. The molecule has 0 fully saturated rings. The third kappa shape index (κ3) is 3.95. The lowest BCUT2D eigenvalue weighted by molar-refractivity contribution is 0.602. The number of rotatable bonds is 5. The number of anilines is 1. The van der Waals surface area contributed by atoms with Crippen molar-refractivity contribution < 1.29 is 0 Å². The number of aromatic nitrogens is 1. The molecule has 3 heteroatoms. The Morgan fingerprint density at radius 2 is 1.25 bits per heavy atom. The summed E-state index contributed by atoms with van der Waals surface area (Å²) >= 11 is 0. The smallest absolute Gasteiger partial charge is 0.128 e. The second-order valence-corrected chi connectivity index (χ2v) is 5.84. The summed E-state index contributed by atoms with van der Waals surface area (Å²) in [6.45, 7) is 2.26. The SMILES string of the molecule is CC(C(c1ccccc1)c1ccccc1)N(C)c1ccccn1.Cl. The van der Waals surface area contributed by atoms with Crippen LogP contribution in [0.2, 0.25) is 0 Å². The molecule has 0 aliphatic heterocycles. The van der Waals surface area contributed by atoms with Crippen LogP contribution in [-0.2, 0) is 0 Å². The monoisotopic (exact) mass is 338 g/mol. The zero-order valence-electron chi connectivity index (χ0n) is 14.0. The van der Waals surface area contributed by atoms with Gasteiger partial charge in [-0.1, -0.05) is 66.7 Å². The van der Waals surface area contributed by atoms with E-state index in [9.17, 15) is 0 Å². The molecule has 3 aromatic rings. The van der Waals surface area contributed by atoms with Crippen LogP contribution in [0, 0.1) is 0 Å². The first-order valence-electron chi connectivity index (χ1n) is 8.01. The van der Waals surface area contributed by atoms with E-state index in [1.165, 1.54) is 11.1 Å². The summed E-state index contributed by atoms with van der Waals surface area (Å²) in [6, 6.07) is 27.7. The quantitative estimate of drug-likeness (QED) is 0.638. The van der Waals surface area contributed by atoms with Crippen molar-refractivity contribution in [2.75, 3.05) is 11.9 Å². The molecule has 0 N–H and O–H groups in total. The van der Waals surface area contributed by atoms with Crippen molar-refractivity contribution in [1.82, 2.24) is 4.98 Å². The summed E-state index contributed by atoms with van der Waals surface area (Å²) in [7, 11) is 2.12. The van der Waals surface area contributed by atoms with Gasteiger partial charge in [-0.3, -0.25) is 0 Å². The van der Waals surface area contributed by atoms with Gasteiger partial charge in [0.25, 0.3) is 0 Å². The number of halogens is 1. The highest BCUT2D eigenvalue weighted by Gasteiger charge is 2.25. The van der Waals surface area contributed by atoms with Crippen molar-refractivity contribution in [2.45, 2.75) is 18.9 Å². The molecule has 0 bridgehead atoms. The Bertz CT molecular complexity index is 677. The summed E-state index contributed by atoms with van der Waals surface area (Å²) in [6.07, 6.45) is 1.85. The van der Waals surface area contributed by atoms with Crippen LogP contribution in [0.5, 0.6) is 0 Å². The van der Waals surface area contributed by atoms with Gasteiger partial charge in [0.2, 0.25) is 0 Å². The van der Waals surface area contributed by atoms with Crippen molar-refractivity contribution in [2.24, 2.45) is 0 Å². The minimum absolute atomic E-state index is 0. The van der Waals surface area contributed by atoms with Crippen LogP contribution in [0.3, 0.4) is 0 Å². The summed E-state index contributed by atoms with van der Waals surface area (Å²) in [5, 5.41) is 0. The van der Waals surface area contributed by atoms with E-state index in [-0.39, 0.29) is 18.4 Å². The molecule has 1 atom stereocenters. The summed E-state index contributed by atoms with van der Waals surface area (Å²) in [5.41, 5.74) is 2.66. The van der Waals surface area contributed by atoms with E-state index in [1.807, 2.05) is 18.3 Å². The lowest BCUT2D eigenvalue weighted by atomic mass is 9.85. The van der Waals surface area contributed by atoms with Crippen molar-refractivity contribution in [3.8, 4) is 0 Å². The van der Waals surface area contributed by atoms with Crippen LogP contribution in [0.4, 0.5) is 5.82 Å². The van der Waals surface area contributed by atoms with Crippen LogP contribution < -0.4 is 4.90 Å². The molecule has 124 valence electrons. The second kappa shape index (κ2) is 8.51. The number of hydrogen-bond donors (Lipinski definition) is 0. The highest BCUT2D eigenvalue weighted by molar-refractivity contribution is 5.85. The Labute approximate surface area is 150 Å². The Balaban J connectivity index is 0.00000208. The maximum Gasteiger partial charge on any atom is 0.128 e. The molecule has 1 heterocycles. The molecular weight excluding hydrogens is 316 g/mol. The fourth-order valence-electron chi connectivity index (χ4n) is 3.06. The Morgan fingerprint density at radius 1 is 0.750 bits per heavy atom. The molecule has 0 spiro atoms. The normalized spacial score (nSPS) is 11.6. The first-order chi connectivity index (χ1) is 11.3. The third-order valence-electron chi connectivity index (χ3n) is 4.42. The molecular formula is C21H23ClN2. The van der Waals surface area contributed by atoms with Gasteiger partial charge in [0, 0.05) is 25.2 Å². The van der Waals surface area contributed by atoms with Crippen LogP contribution in [-0.4, -0.2) is 18.1 Å². The Morgan fingerprint density at radius 3 is 1.71 bits per heavy atom. The predicted octanol–water partition coefficient (Wildman–Crippen LogP) is 5.16. The molecule has 0 amide bonds. The van der Waals surface area contributed by atoms with Gasteiger partial charge in [-0.05, 0) is 30.2 Å². The van der Waals surface area contributed by atoms with E-state index in [1.54, 1.807) is 0 Å². The van der Waals surface area contributed by atoms with Crippen LogP contribution in [0.1, 0.15) is 24.0 Å². The average Bonchev–Trinajstić information content (AvgIpc) is 2.64. The number of benzene rings is 2. The second-order valence-electron chi connectivity index (χ2n) is 5.84. The zero-order chi connectivity index (χ0) is 16.1. The molecule has 1 unspecified atom stereocenters. The van der Waals surface area contributed by atoms with Crippen molar-refractivity contribution in [3.05, 3.63) is 96.2 Å². The lowest BCUT2D eigenvalue weighted by Crippen LogP contribution is -2.35. The van der Waals surface area contributed by atoms with Gasteiger partial charge in [-0.2, -0.15) is 0 Å². The van der Waals surface area contributed by atoms with Gasteiger partial charge in [0.05, 0.1) is 0 Å². The van der Waals surface area contributed by atoms with Gasteiger partial charge in [0.15, 0.2) is 0 Å². The Hall–Kier alpha value is -2.32. The van der Waals surface area contributed by atoms with E-state index in [0.29, 0.717) is 5.92 Å². The van der Waals surface area contributed by atoms with E-state index < -0.39 is 0 Å². The topological polar surface area (TPSA) is 16.1 Å². The van der Waals surface area contributed by atoms with Crippen LogP contribution in [0.25, 0.3) is 0 Å². The van der Waals surface area contributed by atoms with E-state index in [4.69, 9.17) is 0 Å². The maximum atomic E-state index is 4.50. The summed E-state index contributed by atoms with van der Waals surface area (Å²) < 4.78 is 0. The molecule has 0 radical (unpaired) electrons. The molecule has 0 aliphatic carbocycles. The van der Waals surface area contributed by atoms with Gasteiger partial charge in [-0.25, -0.2) is 4.98 Å². The molecule has 0 saturated heterocycles. The molecule has 1 aromatic heterocycles. The molecule has 24 heavy (non-hydrogen) atoms. The van der Waals surface area contributed by atoms with Gasteiger partial charge in [0.1, 0.15) is 5.82 Å². The van der Waals surface area contributed by atoms with Crippen LogP contribution >= 0.6 is 12.4 Å². The lowest BCUT2D eigenvalue weighted by Gasteiger charge is -2.33. The van der Waals surface area contributed by atoms with E-state index >= 15 is 0 Å². The first-order valence-corrected chi connectivity index (χ1v) is 8.01. The molecule has 2 aromatic carbocycles. The number of likely N-dealkylation sites (N-methyl/N-ethyl adjacent to an activating group) is 1. The molecule has 2 nitrogen and oxygen atoms in total. The number of hydrogen-bond acceptors (Lipinski definition) is 2. The van der Waals surface area contributed by atoms with Crippen molar-refractivity contribution >= 4 is 18.2 Å². The minimum atomic E-state index is 0. The fraction of sp³-hybridized carbons (Fsp3) is 0.190. The molecule has 0 aliphatic rings. The van der Waals surface area contributed by atoms with Crippen molar-refractivity contribution in [1.29, 1.82) is 0 Å². The average molecular weight is 339 g/mol. The Kier molecular flexibility index (Phi) is 6.39. The standard InChI is InChI=1S/C21H22N2.ClH/c1-17(23(2)20-15-9-10-16-22-20)21(18-11-5-3-6-12-18)19-13-7-4-8-14-19;/h3-17,21H,1-2H3;1H. The molecule has 0 saturated carbocycles. The zero-order valence-corrected chi connectivity index (χ0v) is 14.9. The fourth-order valence-corrected chi connectivity index (χ4v) is 3.06. The maximum absolute atomic E-state index is 4.50. The number of pyridine rings is 1. The molecule has 3 rings (SSSR count). The minimum Gasteiger partial charge on any atom is -0.356 e. The van der Waals surface area contributed by atoms with Gasteiger partial charge >= 0.3 is 0 Å². The van der Waals surface area contributed by atoms with E-state index in [0.717, 1.165) is 5.82 Å². The summed E-state index contributed by atoms with van der Waals surface area (Å²) in [4.78, 5) is 6.75. The first kappa shape index (κ1) is 18.0. The van der Waals surface area contributed by atoms with Crippen LogP contribution in [0.15, 0.2) is 85.1 Å². The highest BCUT2D eigenvalue weighted by atomic mass is 35.5. The van der Waals surface area contributed by atoms with E-state index in [2.05, 4.69) is 90.6 Å². The van der Waals surface area contributed by atoms with Gasteiger partial charge < -0.3 is 4.90 Å². The largest absolute Gasteiger partial charge is 0.356 e. The summed E-state index contributed by atoms with van der Waals surface area (Å²) in [5.74, 6) is 1.29. The number of nitrogens with zero attached hydrogens (tertiary/aromatic N) is 2. The third-order valence-corrected chi connectivity index (χ3v) is 4.42. The van der Waals surface area contributed by atoms with Gasteiger partial charge in [-0.15, -0.1) is 12.4 Å².